The van der Waals surface area contributed by atoms with Crippen LogP contribution < -0.4 is 5.32 Å². The number of carbonyl (C=O) groups is 1. The Morgan fingerprint density at radius 2 is 1.75 bits per heavy atom. The van der Waals surface area contributed by atoms with Crippen molar-refractivity contribution in [2.45, 2.75) is 77.2 Å². The Morgan fingerprint density at radius 3 is 2.34 bits per heavy atom. The summed E-state index contributed by atoms with van der Waals surface area (Å²) in [5.74, 6) is 0.252. The first-order valence-corrected chi connectivity index (χ1v) is 12.9. The second-order valence-corrected chi connectivity index (χ2v) is 12.2. The van der Waals surface area contributed by atoms with E-state index in [0.717, 1.165) is 25.3 Å². The Hall–Kier alpha value is -2.00. The number of rotatable bonds is 5. The largest absolute Gasteiger partial charge is 0.353 e. The van der Waals surface area contributed by atoms with E-state index in [-0.39, 0.29) is 47.0 Å². The lowest BCUT2D eigenvalue weighted by atomic mass is 9.69. The van der Waals surface area contributed by atoms with Crippen LogP contribution in [0.4, 0.5) is 5.69 Å². The number of hydrogen-bond donors (Lipinski definition) is 1. The lowest BCUT2D eigenvalue weighted by molar-refractivity contribution is -0.385. The Morgan fingerprint density at radius 1 is 1.12 bits per heavy atom. The summed E-state index contributed by atoms with van der Waals surface area (Å²) >= 11 is 0. The maximum atomic E-state index is 13.1. The molecular weight excluding hydrogens is 430 g/mol. The monoisotopic (exact) mass is 465 g/mol. The standard InChI is InChI=1S/C23H35N3O5S/c1-16-9-10-18(26(28)29)15-21(16)32(30,31)25-13-11-17(12-14-25)22(27)24-20-8-6-5-7-19(20)23(2,3)4/h9-10,15,17,19-20H,5-8,11-14H2,1-4H3,(H,24,27). The van der Waals surface area contributed by atoms with Crippen LogP contribution in [0.3, 0.4) is 0 Å². The molecule has 1 aromatic rings. The number of nitrogens with one attached hydrogen (secondary N) is 1. The zero-order valence-electron chi connectivity index (χ0n) is 19.5. The predicted octanol–water partition coefficient (Wildman–Crippen LogP) is 4.03. The molecule has 1 heterocycles. The number of aryl methyl sites for hydroxylation is 1. The molecule has 8 nitrogen and oxygen atoms in total. The van der Waals surface area contributed by atoms with Gasteiger partial charge in [-0.1, -0.05) is 39.7 Å². The first kappa shape index (κ1) is 24.6. The summed E-state index contributed by atoms with van der Waals surface area (Å²) in [6.45, 7) is 8.77. The molecule has 1 saturated carbocycles. The number of sulfonamides is 1. The van der Waals surface area contributed by atoms with Gasteiger partial charge in [-0.05, 0) is 49.5 Å². The van der Waals surface area contributed by atoms with E-state index in [0.29, 0.717) is 24.3 Å². The van der Waals surface area contributed by atoms with Crippen molar-refractivity contribution in [1.82, 2.24) is 9.62 Å². The topological polar surface area (TPSA) is 110 Å². The van der Waals surface area contributed by atoms with Crippen LogP contribution in [-0.4, -0.2) is 42.7 Å². The fraction of sp³-hybridized carbons (Fsp3) is 0.696. The van der Waals surface area contributed by atoms with E-state index in [1.807, 2.05) is 0 Å². The minimum absolute atomic E-state index is 0.0229. The minimum atomic E-state index is -3.86. The molecule has 0 radical (unpaired) electrons. The average molecular weight is 466 g/mol. The second-order valence-electron chi connectivity index (χ2n) is 10.3. The van der Waals surface area contributed by atoms with Crippen molar-refractivity contribution in [2.75, 3.05) is 13.1 Å². The van der Waals surface area contributed by atoms with Gasteiger partial charge >= 0.3 is 0 Å². The van der Waals surface area contributed by atoms with E-state index >= 15 is 0 Å². The van der Waals surface area contributed by atoms with Crippen molar-refractivity contribution in [3.63, 3.8) is 0 Å². The van der Waals surface area contributed by atoms with E-state index < -0.39 is 14.9 Å². The zero-order valence-corrected chi connectivity index (χ0v) is 20.3. The Kier molecular flexibility index (Phi) is 7.29. The molecule has 1 amide bonds. The van der Waals surface area contributed by atoms with Crippen molar-refractivity contribution >= 4 is 21.6 Å². The molecule has 32 heavy (non-hydrogen) atoms. The van der Waals surface area contributed by atoms with Gasteiger partial charge in [-0.25, -0.2) is 8.42 Å². The van der Waals surface area contributed by atoms with Crippen LogP contribution in [0.25, 0.3) is 0 Å². The number of amides is 1. The summed E-state index contributed by atoms with van der Waals surface area (Å²) in [6.07, 6.45) is 5.33. The minimum Gasteiger partial charge on any atom is -0.353 e. The van der Waals surface area contributed by atoms with Crippen LogP contribution >= 0.6 is 0 Å². The highest BCUT2D eigenvalue weighted by Crippen LogP contribution is 2.38. The number of nitro benzene ring substituents is 1. The molecular formula is C23H35N3O5S. The zero-order chi connectivity index (χ0) is 23.7. The number of piperidine rings is 1. The lowest BCUT2D eigenvalue weighted by Crippen LogP contribution is -2.50. The van der Waals surface area contributed by atoms with Crippen LogP contribution in [0.2, 0.25) is 0 Å². The fourth-order valence-corrected chi connectivity index (χ4v) is 6.83. The SMILES string of the molecule is Cc1ccc([N+](=O)[O-])cc1S(=O)(=O)N1CCC(C(=O)NC2CCCCC2C(C)(C)C)CC1. The molecule has 0 bridgehead atoms. The number of benzene rings is 1. The van der Waals surface area contributed by atoms with Gasteiger partial charge in [0, 0.05) is 37.2 Å². The van der Waals surface area contributed by atoms with Crippen molar-refractivity contribution in [3.05, 3.63) is 33.9 Å². The summed E-state index contributed by atoms with van der Waals surface area (Å²) in [4.78, 5) is 23.4. The molecule has 2 aliphatic rings. The maximum Gasteiger partial charge on any atom is 0.270 e. The Balaban J connectivity index is 1.65. The number of non-ortho nitro benzene ring substituents is 1. The third-order valence-electron chi connectivity index (χ3n) is 7.03. The number of hydrogen-bond acceptors (Lipinski definition) is 5. The highest BCUT2D eigenvalue weighted by Gasteiger charge is 2.38. The maximum absolute atomic E-state index is 13.1. The highest BCUT2D eigenvalue weighted by atomic mass is 32.2. The van der Waals surface area contributed by atoms with Crippen molar-refractivity contribution in [3.8, 4) is 0 Å². The van der Waals surface area contributed by atoms with E-state index in [2.05, 4.69) is 26.1 Å². The summed E-state index contributed by atoms with van der Waals surface area (Å²) < 4.78 is 27.6. The molecule has 1 N–H and O–H groups in total. The molecule has 2 fully saturated rings. The van der Waals surface area contributed by atoms with Crippen molar-refractivity contribution < 1.29 is 18.1 Å². The molecule has 1 aromatic carbocycles. The summed E-state index contributed by atoms with van der Waals surface area (Å²) in [5.41, 5.74) is 0.358. The predicted molar refractivity (Wildman–Crippen MR) is 123 cm³/mol. The second kappa shape index (κ2) is 9.47. The van der Waals surface area contributed by atoms with Crippen LogP contribution in [0.5, 0.6) is 0 Å². The van der Waals surface area contributed by atoms with Crippen LogP contribution in [0, 0.1) is 34.3 Å². The first-order chi connectivity index (χ1) is 14.9. The van der Waals surface area contributed by atoms with Gasteiger partial charge < -0.3 is 5.32 Å². The molecule has 9 heteroatoms. The highest BCUT2D eigenvalue weighted by molar-refractivity contribution is 7.89. The van der Waals surface area contributed by atoms with Gasteiger partial charge in [0.2, 0.25) is 15.9 Å². The van der Waals surface area contributed by atoms with Crippen molar-refractivity contribution in [2.24, 2.45) is 17.3 Å². The van der Waals surface area contributed by atoms with Crippen molar-refractivity contribution in [1.29, 1.82) is 0 Å². The van der Waals surface area contributed by atoms with Crippen LogP contribution in [0.1, 0.15) is 64.9 Å². The van der Waals surface area contributed by atoms with Gasteiger partial charge in [0.15, 0.2) is 0 Å². The van der Waals surface area contributed by atoms with Crippen LogP contribution in [-0.2, 0) is 14.8 Å². The molecule has 1 saturated heterocycles. The summed E-state index contributed by atoms with van der Waals surface area (Å²) in [7, 11) is -3.86. The quantitative estimate of drug-likeness (QED) is 0.522. The smallest absolute Gasteiger partial charge is 0.270 e. The van der Waals surface area contributed by atoms with Gasteiger partial charge in [-0.3, -0.25) is 14.9 Å². The third kappa shape index (κ3) is 5.31. The van der Waals surface area contributed by atoms with Gasteiger partial charge in [0.25, 0.3) is 5.69 Å². The first-order valence-electron chi connectivity index (χ1n) is 11.5. The summed E-state index contributed by atoms with van der Waals surface area (Å²) in [6, 6.07) is 4.06. The number of nitrogens with zero attached hydrogens (tertiary/aromatic N) is 2. The van der Waals surface area contributed by atoms with E-state index in [4.69, 9.17) is 0 Å². The van der Waals surface area contributed by atoms with E-state index in [1.165, 1.54) is 22.9 Å². The fourth-order valence-electron chi connectivity index (χ4n) is 5.12. The average Bonchev–Trinajstić information content (AvgIpc) is 2.73. The molecule has 0 aromatic heterocycles. The molecule has 0 spiro atoms. The molecule has 2 atom stereocenters. The summed E-state index contributed by atoms with van der Waals surface area (Å²) in [5, 5.41) is 14.4. The number of nitro groups is 1. The van der Waals surface area contributed by atoms with Gasteiger partial charge in [0.05, 0.1) is 9.82 Å². The third-order valence-corrected chi connectivity index (χ3v) is 9.07. The van der Waals surface area contributed by atoms with Crippen LogP contribution in [0.15, 0.2) is 23.1 Å². The molecule has 2 unspecified atom stereocenters. The molecule has 1 aliphatic heterocycles. The Bertz CT molecular complexity index is 962. The molecule has 1 aliphatic carbocycles. The van der Waals surface area contributed by atoms with Gasteiger partial charge in [-0.15, -0.1) is 0 Å². The molecule has 178 valence electrons. The molecule has 3 rings (SSSR count). The normalized spacial score (nSPS) is 23.6. The Labute approximate surface area is 191 Å². The lowest BCUT2D eigenvalue weighted by Gasteiger charge is -2.41. The van der Waals surface area contributed by atoms with Gasteiger partial charge in [0.1, 0.15) is 0 Å². The van der Waals surface area contributed by atoms with Gasteiger partial charge in [-0.2, -0.15) is 4.31 Å². The van der Waals surface area contributed by atoms with E-state index in [9.17, 15) is 23.3 Å². The van der Waals surface area contributed by atoms with E-state index in [1.54, 1.807) is 6.92 Å². The number of carbonyl (C=O) groups excluding carboxylic acids is 1.